The summed E-state index contributed by atoms with van der Waals surface area (Å²) in [6.45, 7) is 4.13. The van der Waals surface area contributed by atoms with Gasteiger partial charge in [0, 0.05) is 11.8 Å². The fourth-order valence-corrected chi connectivity index (χ4v) is 8.20. The van der Waals surface area contributed by atoms with Crippen molar-refractivity contribution in [3.05, 3.63) is 11.6 Å². The molecule has 4 aliphatic rings. The van der Waals surface area contributed by atoms with E-state index >= 15 is 0 Å². The molecule has 0 saturated heterocycles. The topological polar surface area (TPSA) is 112 Å². The van der Waals surface area contributed by atoms with Gasteiger partial charge in [0.15, 0.2) is 11.6 Å². The molecule has 0 aromatic carbocycles. The summed E-state index contributed by atoms with van der Waals surface area (Å²) in [5.74, 6) is -0.906. The molecule has 3 fully saturated rings. The number of hydrogen-bond acceptors (Lipinski definition) is 6. The first kappa shape index (κ1) is 22.0. The van der Waals surface area contributed by atoms with Crippen LogP contribution in [0.4, 0.5) is 0 Å². The Morgan fingerprint density at radius 2 is 1.90 bits per heavy atom. The molecule has 30 heavy (non-hydrogen) atoms. The highest BCUT2D eigenvalue weighted by molar-refractivity contribution is 8.00. The van der Waals surface area contributed by atoms with Crippen molar-refractivity contribution in [2.75, 3.05) is 11.5 Å². The molecule has 0 aromatic heterocycles. The number of carboxylic acids is 1. The summed E-state index contributed by atoms with van der Waals surface area (Å²) in [6.07, 6.45) is 5.62. The number of fused-ring (bicyclic) bond motifs is 5. The van der Waals surface area contributed by atoms with Crippen molar-refractivity contribution in [1.82, 2.24) is 0 Å². The number of ketones is 2. The third kappa shape index (κ3) is 3.11. The lowest BCUT2D eigenvalue weighted by Crippen LogP contribution is -2.62. The monoisotopic (exact) mass is 436 g/mol. The van der Waals surface area contributed by atoms with Crippen LogP contribution in [0.15, 0.2) is 11.6 Å². The van der Waals surface area contributed by atoms with Crippen molar-refractivity contribution in [2.24, 2.45) is 28.6 Å². The Kier molecular flexibility index (Phi) is 5.47. The molecule has 3 saturated carbocycles. The summed E-state index contributed by atoms with van der Waals surface area (Å²) in [6, 6.07) is 0. The second-order valence-electron chi connectivity index (χ2n) is 10.3. The molecule has 166 valence electrons. The zero-order valence-electron chi connectivity index (χ0n) is 17.7. The van der Waals surface area contributed by atoms with Crippen LogP contribution < -0.4 is 0 Å². The van der Waals surface area contributed by atoms with Crippen LogP contribution in [-0.4, -0.2) is 56.1 Å². The number of hydrogen-bond donors (Lipinski definition) is 3. The van der Waals surface area contributed by atoms with Gasteiger partial charge in [-0.2, -0.15) is 0 Å². The van der Waals surface area contributed by atoms with E-state index in [1.807, 2.05) is 6.92 Å². The van der Waals surface area contributed by atoms with E-state index in [0.29, 0.717) is 19.3 Å². The minimum atomic E-state index is -1.52. The lowest BCUT2D eigenvalue weighted by molar-refractivity contribution is -0.178. The van der Waals surface area contributed by atoms with E-state index in [1.165, 1.54) is 0 Å². The first-order valence-electron chi connectivity index (χ1n) is 11.0. The van der Waals surface area contributed by atoms with Gasteiger partial charge in [0.1, 0.15) is 5.60 Å². The second-order valence-corrected chi connectivity index (χ2v) is 11.3. The van der Waals surface area contributed by atoms with Crippen molar-refractivity contribution in [3.8, 4) is 0 Å². The number of aliphatic carboxylic acids is 1. The van der Waals surface area contributed by atoms with E-state index in [2.05, 4.69) is 6.92 Å². The lowest BCUT2D eigenvalue weighted by Gasteiger charge is -2.60. The van der Waals surface area contributed by atoms with Gasteiger partial charge in [-0.15, -0.1) is 11.8 Å². The Balaban J connectivity index is 1.61. The van der Waals surface area contributed by atoms with Crippen molar-refractivity contribution >= 4 is 29.3 Å². The smallest absolute Gasteiger partial charge is 0.313 e. The van der Waals surface area contributed by atoms with Gasteiger partial charge in [-0.1, -0.05) is 19.4 Å². The van der Waals surface area contributed by atoms with E-state index in [4.69, 9.17) is 5.11 Å². The zero-order valence-corrected chi connectivity index (χ0v) is 18.5. The van der Waals surface area contributed by atoms with Gasteiger partial charge in [0.2, 0.25) is 0 Å². The average molecular weight is 437 g/mol. The molecule has 3 N–H and O–H groups in total. The first-order valence-corrected chi connectivity index (χ1v) is 12.2. The van der Waals surface area contributed by atoms with E-state index in [1.54, 1.807) is 6.08 Å². The number of Topliss-reactive ketones (excluding diaryl/α,β-unsaturated/α-hetero) is 1. The lowest BCUT2D eigenvalue weighted by atomic mass is 9.45. The number of thioether (sulfide) groups is 1. The summed E-state index contributed by atoms with van der Waals surface area (Å²) in [5.41, 5.74) is -1.26. The van der Waals surface area contributed by atoms with Crippen molar-refractivity contribution in [3.63, 3.8) is 0 Å². The predicted octanol–water partition coefficient (Wildman–Crippen LogP) is 2.61. The number of aliphatic hydroxyl groups is 2. The van der Waals surface area contributed by atoms with Crippen LogP contribution in [0.2, 0.25) is 0 Å². The molecule has 0 spiro atoms. The van der Waals surface area contributed by atoms with Crippen molar-refractivity contribution < 1.29 is 29.7 Å². The molecular formula is C23H32O6S. The fourth-order valence-electron chi connectivity index (χ4n) is 7.50. The number of allylic oxidation sites excluding steroid dienone is 1. The maximum absolute atomic E-state index is 13.0. The SMILES string of the molecule is C[C@]12CCC(=O)C=C1CCC1C2C(O)C[C@@]2(C)C1CC[C@]2(O)C(=O)CSCC(=O)O. The van der Waals surface area contributed by atoms with Gasteiger partial charge in [0.05, 0.1) is 17.6 Å². The van der Waals surface area contributed by atoms with Gasteiger partial charge < -0.3 is 15.3 Å². The number of carbonyl (C=O) groups is 3. The summed E-state index contributed by atoms with van der Waals surface area (Å²) >= 11 is 1.02. The summed E-state index contributed by atoms with van der Waals surface area (Å²) in [4.78, 5) is 35.8. The van der Waals surface area contributed by atoms with Crippen LogP contribution in [0.3, 0.4) is 0 Å². The van der Waals surface area contributed by atoms with E-state index in [0.717, 1.165) is 43.0 Å². The summed E-state index contributed by atoms with van der Waals surface area (Å²) in [5, 5.41) is 31.7. The number of carboxylic acid groups (broad SMARTS) is 1. The van der Waals surface area contributed by atoms with Crippen LogP contribution >= 0.6 is 11.8 Å². The highest BCUT2D eigenvalue weighted by Gasteiger charge is 2.68. The molecule has 4 aliphatic carbocycles. The summed E-state index contributed by atoms with van der Waals surface area (Å²) < 4.78 is 0. The van der Waals surface area contributed by atoms with Crippen LogP contribution in [-0.2, 0) is 14.4 Å². The standard InChI is InChI=1S/C23H32O6S/c1-21-7-5-14(24)9-13(21)3-4-15-16-6-8-23(29,18(26)11-30-12-19(27)28)22(16,2)10-17(25)20(15)21/h9,15-17,20,25,29H,3-8,10-12H2,1-2H3,(H,27,28)/t15?,16?,17?,20?,21-,22-,23-/m0/s1. The minimum absolute atomic E-state index is 0.0258. The predicted molar refractivity (Wildman–Crippen MR) is 113 cm³/mol. The summed E-state index contributed by atoms with van der Waals surface area (Å²) in [7, 11) is 0. The molecule has 0 radical (unpaired) electrons. The normalized spacial score (nSPS) is 45.2. The minimum Gasteiger partial charge on any atom is -0.481 e. The van der Waals surface area contributed by atoms with Crippen molar-refractivity contribution in [2.45, 2.75) is 70.5 Å². The second kappa shape index (κ2) is 7.45. The fraction of sp³-hybridized carbons (Fsp3) is 0.783. The van der Waals surface area contributed by atoms with Crippen LogP contribution in [0, 0.1) is 28.6 Å². The zero-order chi connectivity index (χ0) is 21.9. The van der Waals surface area contributed by atoms with E-state index in [9.17, 15) is 24.6 Å². The largest absolute Gasteiger partial charge is 0.481 e. The van der Waals surface area contributed by atoms with Crippen LogP contribution in [0.5, 0.6) is 0 Å². The Bertz CT molecular complexity index is 808. The molecule has 0 aromatic rings. The van der Waals surface area contributed by atoms with Gasteiger partial charge in [0.25, 0.3) is 0 Å². The molecule has 7 atom stereocenters. The third-order valence-corrected chi connectivity index (χ3v) is 9.89. The number of aliphatic hydroxyl groups excluding tert-OH is 1. The van der Waals surface area contributed by atoms with E-state index < -0.39 is 23.1 Å². The van der Waals surface area contributed by atoms with Gasteiger partial charge in [-0.3, -0.25) is 14.4 Å². The van der Waals surface area contributed by atoms with Crippen molar-refractivity contribution in [1.29, 1.82) is 0 Å². The number of carbonyl (C=O) groups excluding carboxylic acids is 2. The molecule has 7 heteroatoms. The average Bonchev–Trinajstić information content (AvgIpc) is 2.93. The Labute approximate surface area is 181 Å². The van der Waals surface area contributed by atoms with E-state index in [-0.39, 0.29) is 46.2 Å². The van der Waals surface area contributed by atoms with Crippen LogP contribution in [0.25, 0.3) is 0 Å². The molecule has 4 unspecified atom stereocenters. The molecule has 0 bridgehead atoms. The highest BCUT2D eigenvalue weighted by Crippen LogP contribution is 2.67. The maximum atomic E-state index is 13.0. The van der Waals surface area contributed by atoms with Gasteiger partial charge in [-0.05, 0) is 67.8 Å². The molecular weight excluding hydrogens is 404 g/mol. The Morgan fingerprint density at radius 3 is 2.60 bits per heavy atom. The molecule has 6 nitrogen and oxygen atoms in total. The van der Waals surface area contributed by atoms with Gasteiger partial charge >= 0.3 is 5.97 Å². The molecule has 0 heterocycles. The third-order valence-electron chi connectivity index (χ3n) is 8.97. The van der Waals surface area contributed by atoms with Gasteiger partial charge in [-0.25, -0.2) is 0 Å². The maximum Gasteiger partial charge on any atom is 0.313 e. The quantitative estimate of drug-likeness (QED) is 0.607. The first-order chi connectivity index (χ1) is 14.0. The molecule has 0 aliphatic heterocycles. The Hall–Kier alpha value is -1.18. The molecule has 0 amide bonds. The van der Waals surface area contributed by atoms with Crippen LogP contribution in [0.1, 0.15) is 58.8 Å². The molecule has 4 rings (SSSR count). The number of rotatable bonds is 5. The highest BCUT2D eigenvalue weighted by atomic mass is 32.2. The Morgan fingerprint density at radius 1 is 1.17 bits per heavy atom.